The van der Waals surface area contributed by atoms with Gasteiger partial charge in [0, 0.05) is 23.1 Å². The lowest BCUT2D eigenvalue weighted by Crippen LogP contribution is -2.39. The number of carbonyl (C=O) groups is 2. The van der Waals surface area contributed by atoms with Crippen molar-refractivity contribution in [1.29, 1.82) is 0 Å². The lowest BCUT2D eigenvalue weighted by Gasteiger charge is -2.21. The zero-order valence-corrected chi connectivity index (χ0v) is 15.9. The summed E-state index contributed by atoms with van der Waals surface area (Å²) in [6, 6.07) is 12.6. The maximum absolute atomic E-state index is 12.5. The molecule has 0 saturated carbocycles. The van der Waals surface area contributed by atoms with Crippen LogP contribution >= 0.6 is 15.9 Å². The van der Waals surface area contributed by atoms with Crippen molar-refractivity contribution in [3.8, 4) is 11.5 Å². The number of benzene rings is 2. The van der Waals surface area contributed by atoms with Gasteiger partial charge in [-0.3, -0.25) is 9.59 Å². The summed E-state index contributed by atoms with van der Waals surface area (Å²) in [7, 11) is 0. The van der Waals surface area contributed by atoms with E-state index >= 15 is 0 Å². The van der Waals surface area contributed by atoms with Gasteiger partial charge in [0.05, 0.1) is 6.54 Å². The Labute approximate surface area is 160 Å². The topological polar surface area (TPSA) is 67.9 Å². The fourth-order valence-corrected chi connectivity index (χ4v) is 3.03. The summed E-state index contributed by atoms with van der Waals surface area (Å²) in [5, 5.41) is 2.67. The van der Waals surface area contributed by atoms with Gasteiger partial charge in [-0.25, -0.2) is 0 Å². The molecule has 1 aliphatic heterocycles. The third-order valence-corrected chi connectivity index (χ3v) is 4.53. The summed E-state index contributed by atoms with van der Waals surface area (Å²) in [5.41, 5.74) is 1.45. The quantitative estimate of drug-likeness (QED) is 0.782. The summed E-state index contributed by atoms with van der Waals surface area (Å²) < 4.78 is 11.5. The maximum atomic E-state index is 12.5. The molecule has 0 aliphatic carbocycles. The maximum Gasteiger partial charge on any atom is 0.251 e. The van der Waals surface area contributed by atoms with Gasteiger partial charge in [0.15, 0.2) is 11.5 Å². The molecule has 0 saturated heterocycles. The van der Waals surface area contributed by atoms with E-state index in [9.17, 15) is 9.59 Å². The van der Waals surface area contributed by atoms with E-state index in [0.717, 1.165) is 10.0 Å². The zero-order chi connectivity index (χ0) is 18.5. The molecular weight excluding hydrogens is 400 g/mol. The number of nitrogens with zero attached hydrogens (tertiary/aromatic N) is 1. The van der Waals surface area contributed by atoms with Crippen LogP contribution < -0.4 is 14.8 Å². The van der Waals surface area contributed by atoms with E-state index in [1.54, 1.807) is 23.1 Å². The van der Waals surface area contributed by atoms with Gasteiger partial charge >= 0.3 is 0 Å². The molecule has 7 heteroatoms. The van der Waals surface area contributed by atoms with E-state index in [4.69, 9.17) is 9.47 Å². The monoisotopic (exact) mass is 418 g/mol. The molecule has 0 bridgehead atoms. The Morgan fingerprint density at radius 3 is 2.73 bits per heavy atom. The fourth-order valence-electron chi connectivity index (χ4n) is 2.64. The molecule has 6 nitrogen and oxygen atoms in total. The predicted molar refractivity (Wildman–Crippen MR) is 100 cm³/mol. The minimum atomic E-state index is -0.279. The number of likely N-dealkylation sites (N-methyl/N-ethyl adjacent to an activating group) is 1. The van der Waals surface area contributed by atoms with E-state index in [2.05, 4.69) is 21.2 Å². The van der Waals surface area contributed by atoms with Crippen LogP contribution in [-0.2, 0) is 11.3 Å². The van der Waals surface area contributed by atoms with Crippen LogP contribution in [0.5, 0.6) is 11.5 Å². The lowest BCUT2D eigenvalue weighted by molar-refractivity contribution is -0.130. The number of halogens is 1. The number of hydrogen-bond acceptors (Lipinski definition) is 4. The van der Waals surface area contributed by atoms with Crippen molar-refractivity contribution in [2.75, 3.05) is 19.9 Å². The van der Waals surface area contributed by atoms with Crippen LogP contribution in [0.25, 0.3) is 0 Å². The van der Waals surface area contributed by atoms with E-state index in [0.29, 0.717) is 30.2 Å². The molecule has 2 aromatic rings. The van der Waals surface area contributed by atoms with Gasteiger partial charge in [-0.05, 0) is 42.8 Å². The molecule has 0 spiro atoms. The van der Waals surface area contributed by atoms with Crippen molar-refractivity contribution in [1.82, 2.24) is 10.2 Å². The van der Waals surface area contributed by atoms with Crippen molar-refractivity contribution in [2.24, 2.45) is 0 Å². The average molecular weight is 419 g/mol. The molecule has 0 fully saturated rings. The van der Waals surface area contributed by atoms with Crippen molar-refractivity contribution in [3.05, 3.63) is 58.1 Å². The Hall–Kier alpha value is -2.54. The summed E-state index contributed by atoms with van der Waals surface area (Å²) in [5.74, 6) is 0.977. The number of fused-ring (bicyclic) bond motifs is 1. The molecule has 1 heterocycles. The van der Waals surface area contributed by atoms with Crippen LogP contribution in [0.2, 0.25) is 0 Å². The molecule has 26 heavy (non-hydrogen) atoms. The molecule has 3 rings (SSSR count). The second-order valence-corrected chi connectivity index (χ2v) is 6.70. The van der Waals surface area contributed by atoms with E-state index in [-0.39, 0.29) is 25.2 Å². The highest BCUT2D eigenvalue weighted by atomic mass is 79.9. The first-order valence-corrected chi connectivity index (χ1v) is 9.06. The number of amides is 2. The number of rotatable bonds is 6. The average Bonchev–Trinajstić information content (AvgIpc) is 3.11. The lowest BCUT2D eigenvalue weighted by atomic mass is 10.2. The van der Waals surface area contributed by atoms with Crippen LogP contribution in [0.4, 0.5) is 0 Å². The molecular formula is C19H19BrN2O4. The van der Waals surface area contributed by atoms with Gasteiger partial charge < -0.3 is 19.7 Å². The van der Waals surface area contributed by atoms with Crippen LogP contribution in [0.15, 0.2) is 46.9 Å². The second kappa shape index (κ2) is 8.23. The van der Waals surface area contributed by atoms with Gasteiger partial charge in [0.25, 0.3) is 5.91 Å². The van der Waals surface area contributed by atoms with Crippen molar-refractivity contribution < 1.29 is 19.1 Å². The van der Waals surface area contributed by atoms with Crippen LogP contribution in [-0.4, -0.2) is 36.6 Å². The van der Waals surface area contributed by atoms with Crippen LogP contribution in [0.3, 0.4) is 0 Å². The number of hydrogen-bond donors (Lipinski definition) is 1. The highest BCUT2D eigenvalue weighted by molar-refractivity contribution is 9.10. The molecule has 0 radical (unpaired) electrons. The first-order chi connectivity index (χ1) is 12.6. The molecule has 2 amide bonds. The largest absolute Gasteiger partial charge is 0.454 e. The van der Waals surface area contributed by atoms with Gasteiger partial charge in [0.2, 0.25) is 12.7 Å². The second-order valence-electron chi connectivity index (χ2n) is 5.79. The van der Waals surface area contributed by atoms with Gasteiger partial charge in [-0.1, -0.05) is 28.1 Å². The van der Waals surface area contributed by atoms with Crippen molar-refractivity contribution in [2.45, 2.75) is 13.5 Å². The molecule has 0 unspecified atom stereocenters. The number of nitrogens with one attached hydrogen (secondary N) is 1. The van der Waals surface area contributed by atoms with Crippen molar-refractivity contribution >= 4 is 27.7 Å². The highest BCUT2D eigenvalue weighted by Crippen LogP contribution is 2.32. The summed E-state index contributed by atoms with van der Waals surface area (Å²) >= 11 is 3.33. The van der Waals surface area contributed by atoms with Crippen molar-refractivity contribution in [3.63, 3.8) is 0 Å². The van der Waals surface area contributed by atoms with E-state index < -0.39 is 0 Å². The number of carbonyl (C=O) groups excluding carboxylic acids is 2. The molecule has 0 aromatic heterocycles. The molecule has 1 aliphatic rings. The SMILES string of the molecule is CCN(Cc1ccc2c(c1)OCO2)C(=O)CNC(=O)c1cccc(Br)c1. The summed E-state index contributed by atoms with van der Waals surface area (Å²) in [6.45, 7) is 3.06. The zero-order valence-electron chi connectivity index (χ0n) is 14.3. The Balaban J connectivity index is 1.57. The Morgan fingerprint density at radius 2 is 1.96 bits per heavy atom. The minimum absolute atomic E-state index is 0.0518. The fraction of sp³-hybridized carbons (Fsp3) is 0.263. The Bertz CT molecular complexity index is 825. The highest BCUT2D eigenvalue weighted by Gasteiger charge is 2.17. The Morgan fingerprint density at radius 1 is 1.15 bits per heavy atom. The summed E-state index contributed by atoms with van der Waals surface area (Å²) in [6.07, 6.45) is 0. The first kappa shape index (κ1) is 18.3. The van der Waals surface area contributed by atoms with E-state index in [1.807, 2.05) is 31.2 Å². The molecule has 2 aromatic carbocycles. The van der Waals surface area contributed by atoms with Gasteiger partial charge in [-0.2, -0.15) is 0 Å². The molecule has 136 valence electrons. The van der Waals surface area contributed by atoms with E-state index in [1.165, 1.54) is 0 Å². The predicted octanol–water partition coefficient (Wildman–Crippen LogP) is 2.96. The summed E-state index contributed by atoms with van der Waals surface area (Å²) in [4.78, 5) is 26.3. The Kier molecular flexibility index (Phi) is 5.78. The van der Waals surface area contributed by atoms with Crippen LogP contribution in [0, 0.1) is 0 Å². The minimum Gasteiger partial charge on any atom is -0.454 e. The number of ether oxygens (including phenoxy) is 2. The third-order valence-electron chi connectivity index (χ3n) is 4.03. The smallest absolute Gasteiger partial charge is 0.251 e. The van der Waals surface area contributed by atoms with Gasteiger partial charge in [0.1, 0.15) is 0 Å². The first-order valence-electron chi connectivity index (χ1n) is 8.27. The normalized spacial score (nSPS) is 11.9. The molecule has 0 atom stereocenters. The third kappa shape index (κ3) is 4.35. The van der Waals surface area contributed by atoms with Gasteiger partial charge in [-0.15, -0.1) is 0 Å². The standard InChI is InChI=1S/C19H19BrN2O4/c1-2-22(11-13-6-7-16-17(8-13)26-12-25-16)18(23)10-21-19(24)14-4-3-5-15(20)9-14/h3-9H,2,10-12H2,1H3,(H,21,24). The molecule has 1 N–H and O–H groups in total. The van der Waals surface area contributed by atoms with Crippen LogP contribution in [0.1, 0.15) is 22.8 Å².